The van der Waals surface area contributed by atoms with E-state index < -0.39 is 0 Å². The smallest absolute Gasteiger partial charge is 0.321 e. The van der Waals surface area contributed by atoms with Crippen molar-refractivity contribution in [1.29, 1.82) is 0 Å². The van der Waals surface area contributed by atoms with Crippen LogP contribution in [0.1, 0.15) is 13.8 Å². The van der Waals surface area contributed by atoms with Crippen molar-refractivity contribution >= 4 is 46.5 Å². The molecule has 0 bridgehead atoms. The summed E-state index contributed by atoms with van der Waals surface area (Å²) >= 11 is 17.8. The summed E-state index contributed by atoms with van der Waals surface area (Å²) in [6, 6.07) is 2.77. The van der Waals surface area contributed by atoms with Crippen molar-refractivity contribution in [2.24, 2.45) is 0 Å². The number of benzene rings is 1. The monoisotopic (exact) mass is 320 g/mol. The molecule has 1 N–H and O–H groups in total. The van der Waals surface area contributed by atoms with Gasteiger partial charge in [-0.25, -0.2) is 4.79 Å². The summed E-state index contributed by atoms with van der Waals surface area (Å²) in [4.78, 5) is 13.7. The minimum absolute atomic E-state index is 0.281. The lowest BCUT2D eigenvalue weighted by atomic mass is 10.3. The van der Waals surface area contributed by atoms with E-state index in [2.05, 4.69) is 11.9 Å². The van der Waals surface area contributed by atoms with Crippen LogP contribution < -0.4 is 5.32 Å². The molecular weight excluding hydrogens is 307 g/mol. The van der Waals surface area contributed by atoms with Gasteiger partial charge >= 0.3 is 6.03 Å². The largest absolute Gasteiger partial charge is 0.322 e. The molecule has 0 aliphatic rings. The Morgan fingerprint density at radius 1 is 1.32 bits per heavy atom. The molecule has 0 aliphatic heterocycles. The molecule has 0 aromatic heterocycles. The highest BCUT2D eigenvalue weighted by molar-refractivity contribution is 6.42. The maximum Gasteiger partial charge on any atom is 0.322 e. The second kappa shape index (κ2) is 7.04. The maximum absolute atomic E-state index is 12.1. The van der Waals surface area contributed by atoms with Crippen LogP contribution in [0.25, 0.3) is 0 Å². The molecule has 0 unspecified atom stereocenters. The van der Waals surface area contributed by atoms with Crippen LogP contribution in [0.4, 0.5) is 10.5 Å². The summed E-state index contributed by atoms with van der Waals surface area (Å²) in [5, 5.41) is 3.71. The average Bonchev–Trinajstić information content (AvgIpc) is 2.30. The topological polar surface area (TPSA) is 32.3 Å². The second-order valence-electron chi connectivity index (χ2n) is 4.15. The van der Waals surface area contributed by atoms with Crippen LogP contribution in [0.5, 0.6) is 0 Å². The molecule has 2 amide bonds. The quantitative estimate of drug-likeness (QED) is 0.771. The van der Waals surface area contributed by atoms with E-state index in [-0.39, 0.29) is 6.03 Å². The van der Waals surface area contributed by atoms with Crippen LogP contribution >= 0.6 is 34.8 Å². The van der Waals surface area contributed by atoms with E-state index >= 15 is 0 Å². The van der Waals surface area contributed by atoms with Gasteiger partial charge in [0.05, 0.1) is 15.7 Å². The second-order valence-corrected chi connectivity index (χ2v) is 5.40. The lowest BCUT2D eigenvalue weighted by Gasteiger charge is -2.22. The molecular formula is C13H15Cl3N2O. The van der Waals surface area contributed by atoms with E-state index in [0.29, 0.717) is 33.8 Å². The van der Waals surface area contributed by atoms with Gasteiger partial charge in [0.25, 0.3) is 0 Å². The molecule has 0 atom stereocenters. The predicted octanol–water partition coefficient (Wildman–Crippen LogP) is 5.08. The Kier molecular flexibility index (Phi) is 5.98. The van der Waals surface area contributed by atoms with Gasteiger partial charge in [0.2, 0.25) is 0 Å². The molecule has 1 aromatic carbocycles. The molecule has 0 spiro atoms. The highest BCUT2D eigenvalue weighted by Gasteiger charge is 2.15. The number of amides is 2. The molecule has 1 aromatic rings. The Morgan fingerprint density at radius 2 is 1.84 bits per heavy atom. The first-order valence-electron chi connectivity index (χ1n) is 5.70. The highest BCUT2D eigenvalue weighted by atomic mass is 35.5. The minimum atomic E-state index is -0.281. The standard InChI is InChI=1S/C13H15Cl3N2O/c1-4-18(7-8(2)3)13(19)17-12-10(15)5-9(14)6-11(12)16/h5-6H,2,4,7H2,1,3H3,(H,17,19). The van der Waals surface area contributed by atoms with Crippen LogP contribution in [0.3, 0.4) is 0 Å². The predicted molar refractivity (Wildman–Crippen MR) is 82.6 cm³/mol. The van der Waals surface area contributed by atoms with Gasteiger partial charge in [0, 0.05) is 18.1 Å². The Labute approximate surface area is 128 Å². The number of anilines is 1. The Bertz CT molecular complexity index is 480. The van der Waals surface area contributed by atoms with E-state index in [9.17, 15) is 4.79 Å². The number of hydrogen-bond acceptors (Lipinski definition) is 1. The molecule has 0 fully saturated rings. The molecule has 19 heavy (non-hydrogen) atoms. The van der Waals surface area contributed by atoms with Crippen LogP contribution in [-0.4, -0.2) is 24.0 Å². The van der Waals surface area contributed by atoms with Crippen molar-refractivity contribution < 1.29 is 4.79 Å². The van der Waals surface area contributed by atoms with Crippen molar-refractivity contribution in [2.45, 2.75) is 13.8 Å². The summed E-state index contributed by atoms with van der Waals surface area (Å²) in [5.41, 5.74) is 1.25. The minimum Gasteiger partial charge on any atom is -0.321 e. The van der Waals surface area contributed by atoms with Crippen LogP contribution in [0, 0.1) is 0 Å². The number of urea groups is 1. The van der Waals surface area contributed by atoms with E-state index in [1.165, 1.54) is 12.1 Å². The lowest BCUT2D eigenvalue weighted by Crippen LogP contribution is -2.36. The van der Waals surface area contributed by atoms with Crippen molar-refractivity contribution in [3.05, 3.63) is 39.4 Å². The fraction of sp³-hybridized carbons (Fsp3) is 0.308. The summed E-state index contributed by atoms with van der Waals surface area (Å²) < 4.78 is 0. The number of likely N-dealkylation sites (N-methyl/N-ethyl adjacent to an activating group) is 1. The first-order chi connectivity index (χ1) is 8.85. The maximum atomic E-state index is 12.1. The van der Waals surface area contributed by atoms with Gasteiger partial charge in [-0.15, -0.1) is 0 Å². The third kappa shape index (κ3) is 4.60. The van der Waals surface area contributed by atoms with Crippen molar-refractivity contribution in [3.8, 4) is 0 Å². The average molecular weight is 322 g/mol. The van der Waals surface area contributed by atoms with E-state index in [1.54, 1.807) is 4.90 Å². The molecule has 1 rings (SSSR count). The van der Waals surface area contributed by atoms with Gasteiger partial charge < -0.3 is 10.2 Å². The zero-order valence-corrected chi connectivity index (χ0v) is 13.0. The molecule has 6 heteroatoms. The normalized spacial score (nSPS) is 10.2. The molecule has 0 heterocycles. The van der Waals surface area contributed by atoms with Gasteiger partial charge in [0.1, 0.15) is 0 Å². The molecule has 0 radical (unpaired) electrons. The highest BCUT2D eigenvalue weighted by Crippen LogP contribution is 2.33. The number of rotatable bonds is 4. The first-order valence-corrected chi connectivity index (χ1v) is 6.83. The van der Waals surface area contributed by atoms with Crippen LogP contribution in [0.15, 0.2) is 24.3 Å². The number of nitrogens with zero attached hydrogens (tertiary/aromatic N) is 1. The van der Waals surface area contributed by atoms with Crippen molar-refractivity contribution in [1.82, 2.24) is 4.90 Å². The van der Waals surface area contributed by atoms with Gasteiger partial charge in [-0.1, -0.05) is 47.0 Å². The van der Waals surface area contributed by atoms with Crippen molar-refractivity contribution in [2.75, 3.05) is 18.4 Å². The van der Waals surface area contributed by atoms with Gasteiger partial charge in [-0.2, -0.15) is 0 Å². The number of hydrogen-bond donors (Lipinski definition) is 1. The van der Waals surface area contributed by atoms with Gasteiger partial charge in [0.15, 0.2) is 0 Å². The van der Waals surface area contributed by atoms with Gasteiger partial charge in [-0.3, -0.25) is 0 Å². The number of carbonyl (C=O) groups excluding carboxylic acids is 1. The van der Waals surface area contributed by atoms with E-state index in [0.717, 1.165) is 5.57 Å². The third-order valence-electron chi connectivity index (χ3n) is 2.37. The summed E-state index contributed by atoms with van der Waals surface area (Å²) in [7, 11) is 0. The van der Waals surface area contributed by atoms with Gasteiger partial charge in [-0.05, 0) is 26.0 Å². The molecule has 0 saturated carbocycles. The van der Waals surface area contributed by atoms with E-state index in [4.69, 9.17) is 34.8 Å². The number of carbonyl (C=O) groups is 1. The molecule has 104 valence electrons. The number of halogens is 3. The SMILES string of the molecule is C=C(C)CN(CC)C(=O)Nc1c(Cl)cc(Cl)cc1Cl. The zero-order chi connectivity index (χ0) is 14.6. The van der Waals surface area contributed by atoms with E-state index in [1.807, 2.05) is 13.8 Å². The van der Waals surface area contributed by atoms with Crippen molar-refractivity contribution in [3.63, 3.8) is 0 Å². The molecule has 0 aliphatic carbocycles. The van der Waals surface area contributed by atoms with Crippen LogP contribution in [-0.2, 0) is 0 Å². The zero-order valence-electron chi connectivity index (χ0n) is 10.8. The molecule has 0 saturated heterocycles. The number of nitrogens with one attached hydrogen (secondary N) is 1. The fourth-order valence-corrected chi connectivity index (χ4v) is 2.41. The molecule has 3 nitrogen and oxygen atoms in total. The summed E-state index contributed by atoms with van der Waals surface area (Å²) in [5.74, 6) is 0. The fourth-order valence-electron chi connectivity index (χ4n) is 1.50. The Morgan fingerprint density at radius 3 is 2.26 bits per heavy atom. The Balaban J connectivity index is 2.90. The summed E-state index contributed by atoms with van der Waals surface area (Å²) in [6.45, 7) is 8.56. The third-order valence-corrected chi connectivity index (χ3v) is 3.18. The lowest BCUT2D eigenvalue weighted by molar-refractivity contribution is 0.218. The Hall–Kier alpha value is -0.900. The summed E-state index contributed by atoms with van der Waals surface area (Å²) in [6.07, 6.45) is 0. The van der Waals surface area contributed by atoms with Crippen LogP contribution in [0.2, 0.25) is 15.1 Å². The first kappa shape index (κ1) is 16.2.